The molecule has 0 unspecified atom stereocenters. The lowest BCUT2D eigenvalue weighted by molar-refractivity contribution is 0.136. The fourth-order valence-electron chi connectivity index (χ4n) is 1.14. The van der Waals surface area contributed by atoms with E-state index in [0.29, 0.717) is 0 Å². The molecule has 0 aromatic carbocycles. The normalized spacial score (nSPS) is 10.9. The Morgan fingerprint density at radius 2 is 2.14 bits per heavy atom. The highest BCUT2D eigenvalue weighted by molar-refractivity contribution is 5.15. The summed E-state index contributed by atoms with van der Waals surface area (Å²) >= 11 is 0. The molecule has 0 amide bonds. The van der Waals surface area contributed by atoms with Crippen LogP contribution in [0.15, 0.2) is 0 Å². The molecule has 0 aliphatic rings. The van der Waals surface area contributed by atoms with Gasteiger partial charge in [-0.3, -0.25) is 0 Å². The quantitative estimate of drug-likeness (QED) is 0.748. The number of aromatic nitrogens is 3. The Kier molecular flexibility index (Phi) is 3.12. The van der Waals surface area contributed by atoms with Crippen LogP contribution in [-0.2, 0) is 6.42 Å². The van der Waals surface area contributed by atoms with Crippen LogP contribution in [0.4, 0.5) is 8.78 Å². The summed E-state index contributed by atoms with van der Waals surface area (Å²) in [5.74, 6) is 0. The van der Waals surface area contributed by atoms with Gasteiger partial charge < -0.3 is 0 Å². The van der Waals surface area contributed by atoms with E-state index in [4.69, 9.17) is 5.26 Å². The first-order valence-electron chi connectivity index (χ1n) is 4.17. The summed E-state index contributed by atoms with van der Waals surface area (Å²) in [4.78, 5) is 0. The number of halogens is 2. The Bertz CT molecular complexity index is 351. The van der Waals surface area contributed by atoms with Crippen molar-refractivity contribution in [2.75, 3.05) is 0 Å². The van der Waals surface area contributed by atoms with Crippen molar-refractivity contribution < 1.29 is 8.78 Å². The molecule has 0 aliphatic carbocycles. The van der Waals surface area contributed by atoms with Gasteiger partial charge in [0, 0.05) is 6.04 Å². The molecule has 0 spiro atoms. The van der Waals surface area contributed by atoms with Gasteiger partial charge >= 0.3 is 0 Å². The zero-order chi connectivity index (χ0) is 10.7. The highest BCUT2D eigenvalue weighted by Gasteiger charge is 2.22. The van der Waals surface area contributed by atoms with Crippen LogP contribution in [0, 0.1) is 11.3 Å². The molecule has 14 heavy (non-hydrogen) atoms. The van der Waals surface area contributed by atoms with Gasteiger partial charge in [0.1, 0.15) is 11.4 Å². The molecular formula is C8H10F2N4. The molecule has 0 atom stereocenters. The van der Waals surface area contributed by atoms with Crippen LogP contribution in [0.3, 0.4) is 0 Å². The second-order valence-corrected chi connectivity index (χ2v) is 3.10. The molecular weight excluding hydrogens is 190 g/mol. The monoisotopic (exact) mass is 200 g/mol. The number of hydrogen-bond donors (Lipinski definition) is 0. The van der Waals surface area contributed by atoms with Crippen LogP contribution in [0.25, 0.3) is 0 Å². The van der Waals surface area contributed by atoms with E-state index in [-0.39, 0.29) is 23.9 Å². The molecule has 1 rings (SSSR count). The first-order valence-corrected chi connectivity index (χ1v) is 4.17. The van der Waals surface area contributed by atoms with Gasteiger partial charge in [-0.05, 0) is 13.8 Å². The van der Waals surface area contributed by atoms with Gasteiger partial charge in [0.2, 0.25) is 0 Å². The average Bonchev–Trinajstić information content (AvgIpc) is 2.48. The van der Waals surface area contributed by atoms with Gasteiger partial charge in [-0.25, -0.2) is 13.5 Å². The third-order valence-electron chi connectivity index (χ3n) is 1.75. The maximum Gasteiger partial charge on any atom is 0.281 e. The molecule has 1 heterocycles. The molecule has 0 fully saturated rings. The Balaban J connectivity index is 3.15. The molecule has 4 nitrogen and oxygen atoms in total. The second-order valence-electron chi connectivity index (χ2n) is 3.10. The molecule has 76 valence electrons. The lowest BCUT2D eigenvalue weighted by Crippen LogP contribution is -2.08. The SMILES string of the molecule is CC(C)n1nnc(CC#N)c1C(F)F. The van der Waals surface area contributed by atoms with Gasteiger partial charge in [0.15, 0.2) is 0 Å². The minimum Gasteiger partial charge on any atom is -0.241 e. The van der Waals surface area contributed by atoms with Crippen molar-refractivity contribution in [1.29, 1.82) is 5.26 Å². The van der Waals surface area contributed by atoms with E-state index in [2.05, 4.69) is 10.3 Å². The maximum atomic E-state index is 12.6. The Labute approximate surface area is 80.1 Å². The predicted molar refractivity (Wildman–Crippen MR) is 44.7 cm³/mol. The summed E-state index contributed by atoms with van der Waals surface area (Å²) in [6, 6.07) is 1.60. The van der Waals surface area contributed by atoms with E-state index in [1.807, 2.05) is 0 Å². The lowest BCUT2D eigenvalue weighted by Gasteiger charge is -2.08. The van der Waals surface area contributed by atoms with E-state index in [9.17, 15) is 8.78 Å². The van der Waals surface area contributed by atoms with Gasteiger partial charge in [0.05, 0.1) is 12.5 Å². The summed E-state index contributed by atoms with van der Waals surface area (Å²) in [6.45, 7) is 3.47. The molecule has 0 aliphatic heterocycles. The van der Waals surface area contributed by atoms with E-state index in [1.165, 1.54) is 0 Å². The summed E-state index contributed by atoms with van der Waals surface area (Å²) in [5.41, 5.74) is -0.183. The van der Waals surface area contributed by atoms with Crippen molar-refractivity contribution in [3.63, 3.8) is 0 Å². The predicted octanol–water partition coefficient (Wildman–Crippen LogP) is 1.86. The van der Waals surface area contributed by atoms with Crippen LogP contribution in [0.1, 0.15) is 37.7 Å². The first-order chi connectivity index (χ1) is 6.57. The van der Waals surface area contributed by atoms with E-state index in [1.54, 1.807) is 19.9 Å². The summed E-state index contributed by atoms with van der Waals surface area (Å²) < 4.78 is 26.3. The zero-order valence-corrected chi connectivity index (χ0v) is 7.91. The molecule has 0 saturated heterocycles. The van der Waals surface area contributed by atoms with E-state index < -0.39 is 6.43 Å². The molecule has 6 heteroatoms. The summed E-state index contributed by atoms with van der Waals surface area (Å²) in [6.07, 6.45) is -2.78. The fourth-order valence-corrected chi connectivity index (χ4v) is 1.14. The van der Waals surface area contributed by atoms with Crippen molar-refractivity contribution in [1.82, 2.24) is 15.0 Å². The largest absolute Gasteiger partial charge is 0.281 e. The molecule has 0 N–H and O–H groups in total. The topological polar surface area (TPSA) is 54.5 Å². The lowest BCUT2D eigenvalue weighted by atomic mass is 10.2. The van der Waals surface area contributed by atoms with Gasteiger partial charge in [-0.1, -0.05) is 5.21 Å². The fraction of sp³-hybridized carbons (Fsp3) is 0.625. The van der Waals surface area contributed by atoms with E-state index in [0.717, 1.165) is 4.68 Å². The number of alkyl halides is 2. The van der Waals surface area contributed by atoms with Crippen molar-refractivity contribution >= 4 is 0 Å². The van der Waals surface area contributed by atoms with Gasteiger partial charge in [-0.2, -0.15) is 5.26 Å². The minimum absolute atomic E-state index is 0.0659. The molecule has 0 saturated carbocycles. The first kappa shape index (κ1) is 10.6. The number of rotatable bonds is 3. The van der Waals surface area contributed by atoms with Crippen LogP contribution in [0.5, 0.6) is 0 Å². The molecule has 1 aromatic heterocycles. The highest BCUT2D eigenvalue weighted by Crippen LogP contribution is 2.23. The number of nitriles is 1. The Morgan fingerprint density at radius 1 is 1.50 bits per heavy atom. The summed E-state index contributed by atoms with van der Waals surface area (Å²) in [7, 11) is 0. The van der Waals surface area contributed by atoms with Crippen LogP contribution in [0.2, 0.25) is 0 Å². The van der Waals surface area contributed by atoms with Gasteiger partial charge in [0.25, 0.3) is 6.43 Å². The number of nitrogens with zero attached hydrogens (tertiary/aromatic N) is 4. The second kappa shape index (κ2) is 4.13. The van der Waals surface area contributed by atoms with Crippen molar-refractivity contribution in [3.8, 4) is 6.07 Å². The molecule has 1 aromatic rings. The third kappa shape index (κ3) is 1.87. The Morgan fingerprint density at radius 3 is 2.57 bits per heavy atom. The van der Waals surface area contributed by atoms with Gasteiger partial charge in [-0.15, -0.1) is 5.10 Å². The smallest absolute Gasteiger partial charge is 0.241 e. The summed E-state index contributed by atoms with van der Waals surface area (Å²) in [5, 5.41) is 15.6. The minimum atomic E-state index is -2.64. The van der Waals surface area contributed by atoms with E-state index >= 15 is 0 Å². The van der Waals surface area contributed by atoms with Crippen LogP contribution >= 0.6 is 0 Å². The van der Waals surface area contributed by atoms with Crippen molar-refractivity contribution in [2.45, 2.75) is 32.7 Å². The van der Waals surface area contributed by atoms with Crippen molar-refractivity contribution in [2.24, 2.45) is 0 Å². The highest BCUT2D eigenvalue weighted by atomic mass is 19.3. The third-order valence-corrected chi connectivity index (χ3v) is 1.75. The van der Waals surface area contributed by atoms with Crippen LogP contribution in [-0.4, -0.2) is 15.0 Å². The maximum absolute atomic E-state index is 12.6. The molecule has 0 radical (unpaired) electrons. The zero-order valence-electron chi connectivity index (χ0n) is 7.91. The average molecular weight is 200 g/mol. The number of hydrogen-bond acceptors (Lipinski definition) is 3. The standard InChI is InChI=1S/C8H10F2N4/c1-5(2)14-7(8(9)10)6(3-4-11)12-13-14/h5,8H,3H2,1-2H3. The van der Waals surface area contributed by atoms with Crippen molar-refractivity contribution in [3.05, 3.63) is 11.4 Å². The molecule has 0 bridgehead atoms. The Hall–Kier alpha value is -1.51. The van der Waals surface area contributed by atoms with Crippen LogP contribution < -0.4 is 0 Å².